The van der Waals surface area contributed by atoms with E-state index in [-0.39, 0.29) is 24.3 Å². The minimum atomic E-state index is -3.20. The van der Waals surface area contributed by atoms with E-state index < -0.39 is 23.8 Å². The van der Waals surface area contributed by atoms with Gasteiger partial charge in [0, 0.05) is 29.0 Å². The fraction of sp³-hybridized carbons (Fsp3) is 0.222. The minimum absolute atomic E-state index is 0.139. The molecule has 4 rings (SSSR count). The third-order valence-electron chi connectivity index (χ3n) is 5.84. The first-order valence-electron chi connectivity index (χ1n) is 11.0. The summed E-state index contributed by atoms with van der Waals surface area (Å²) in [6.07, 6.45) is 1.83. The van der Waals surface area contributed by atoms with Gasteiger partial charge in [-0.25, -0.2) is 4.39 Å². The number of benzene rings is 3. The summed E-state index contributed by atoms with van der Waals surface area (Å²) < 4.78 is 54.8. The van der Waals surface area contributed by atoms with E-state index in [0.717, 1.165) is 0 Å². The Hall–Kier alpha value is -3.78. The third kappa shape index (κ3) is 5.66. The monoisotopic (exact) mass is 483 g/mol. The molecule has 0 saturated heterocycles. The summed E-state index contributed by atoms with van der Waals surface area (Å²) in [5.41, 5.74) is 0.853. The molecule has 3 aromatic carbocycles. The summed E-state index contributed by atoms with van der Waals surface area (Å²) in [7, 11) is 1.64. The number of rotatable bonds is 10. The number of hydrogen-bond acceptors (Lipinski definition) is 4. The maximum Gasteiger partial charge on any atom is 0.317 e. The molecule has 0 amide bonds. The van der Waals surface area contributed by atoms with Crippen molar-refractivity contribution in [3.8, 4) is 5.75 Å². The summed E-state index contributed by atoms with van der Waals surface area (Å²) in [6, 6.07) is 17.0. The van der Waals surface area contributed by atoms with E-state index >= 15 is 8.78 Å². The van der Waals surface area contributed by atoms with Crippen molar-refractivity contribution in [2.45, 2.75) is 18.4 Å². The standard InChI is InChI=1S/C27H24F3NO4/c1-31(17-26(32)33)24(18-3-2-4-22(28)16-18)12-14-34-23-8-5-20(6-9-23)27(29,30)21-7-10-25-19(15-21)11-13-35-25/h2-11,13,15-16,24H,12,14,17H2,1H3,(H,32,33). The van der Waals surface area contributed by atoms with Crippen molar-refractivity contribution >= 4 is 16.9 Å². The molecule has 1 unspecified atom stereocenters. The summed E-state index contributed by atoms with van der Waals surface area (Å²) in [6.45, 7) is -0.0480. The van der Waals surface area contributed by atoms with Gasteiger partial charge in [-0.3, -0.25) is 9.69 Å². The predicted octanol–water partition coefficient (Wildman–Crippen LogP) is 6.24. The van der Waals surface area contributed by atoms with Crippen LogP contribution in [0.2, 0.25) is 0 Å². The Labute approximate surface area is 200 Å². The lowest BCUT2D eigenvalue weighted by Gasteiger charge is -2.27. The molecule has 1 atom stereocenters. The summed E-state index contributed by atoms with van der Waals surface area (Å²) >= 11 is 0. The molecule has 182 valence electrons. The first kappa shape index (κ1) is 24.3. The summed E-state index contributed by atoms with van der Waals surface area (Å²) in [4.78, 5) is 12.8. The molecule has 0 saturated carbocycles. The van der Waals surface area contributed by atoms with E-state index in [9.17, 15) is 9.18 Å². The fourth-order valence-corrected chi connectivity index (χ4v) is 4.06. The average Bonchev–Trinajstić information content (AvgIpc) is 3.30. The molecule has 8 heteroatoms. The second-order valence-electron chi connectivity index (χ2n) is 8.29. The van der Waals surface area contributed by atoms with Crippen LogP contribution in [-0.2, 0) is 10.7 Å². The number of halogens is 3. The van der Waals surface area contributed by atoms with Gasteiger partial charge in [0.15, 0.2) is 0 Å². The molecule has 1 heterocycles. The van der Waals surface area contributed by atoms with Crippen LogP contribution in [0.25, 0.3) is 11.0 Å². The second kappa shape index (κ2) is 10.2. The molecular formula is C27H24F3NO4. The van der Waals surface area contributed by atoms with Crippen LogP contribution in [0, 0.1) is 5.82 Å². The Morgan fingerprint density at radius 2 is 1.80 bits per heavy atom. The minimum Gasteiger partial charge on any atom is -0.494 e. The lowest BCUT2D eigenvalue weighted by molar-refractivity contribution is -0.138. The number of hydrogen-bond donors (Lipinski definition) is 1. The summed E-state index contributed by atoms with van der Waals surface area (Å²) in [5.74, 6) is -4.22. The van der Waals surface area contributed by atoms with E-state index in [4.69, 9.17) is 14.3 Å². The molecular weight excluding hydrogens is 459 g/mol. The van der Waals surface area contributed by atoms with Crippen molar-refractivity contribution < 1.29 is 32.2 Å². The van der Waals surface area contributed by atoms with Gasteiger partial charge in [-0.15, -0.1) is 0 Å². The molecule has 1 aromatic heterocycles. The van der Waals surface area contributed by atoms with Gasteiger partial charge in [-0.2, -0.15) is 8.78 Å². The number of aliphatic carboxylic acids is 1. The molecule has 0 fully saturated rings. The lowest BCUT2D eigenvalue weighted by Crippen LogP contribution is -2.31. The Kier molecular flexibility index (Phi) is 7.12. The molecule has 4 aromatic rings. The smallest absolute Gasteiger partial charge is 0.317 e. The highest BCUT2D eigenvalue weighted by atomic mass is 19.3. The van der Waals surface area contributed by atoms with Gasteiger partial charge in [0.2, 0.25) is 0 Å². The van der Waals surface area contributed by atoms with Gasteiger partial charge in [0.1, 0.15) is 17.1 Å². The second-order valence-corrected chi connectivity index (χ2v) is 8.29. The van der Waals surface area contributed by atoms with Crippen LogP contribution >= 0.6 is 0 Å². The van der Waals surface area contributed by atoms with E-state index in [1.807, 2.05) is 0 Å². The lowest BCUT2D eigenvalue weighted by atomic mass is 9.99. The largest absolute Gasteiger partial charge is 0.494 e. The molecule has 35 heavy (non-hydrogen) atoms. The zero-order valence-electron chi connectivity index (χ0n) is 19.0. The van der Waals surface area contributed by atoms with E-state index in [0.29, 0.717) is 28.7 Å². The van der Waals surface area contributed by atoms with Crippen LogP contribution in [0.1, 0.15) is 29.2 Å². The van der Waals surface area contributed by atoms with Gasteiger partial charge in [-0.1, -0.05) is 12.1 Å². The number of ether oxygens (including phenoxy) is 1. The molecule has 0 aliphatic heterocycles. The van der Waals surface area contributed by atoms with E-state index in [2.05, 4.69) is 0 Å². The normalized spacial score (nSPS) is 12.7. The number of carbonyl (C=O) groups is 1. The number of carboxylic acids is 1. The van der Waals surface area contributed by atoms with E-state index in [1.54, 1.807) is 30.1 Å². The van der Waals surface area contributed by atoms with Crippen LogP contribution in [0.5, 0.6) is 5.75 Å². The van der Waals surface area contributed by atoms with Crippen molar-refractivity contribution in [1.82, 2.24) is 4.90 Å². The number of nitrogens with zero attached hydrogens (tertiary/aromatic N) is 1. The number of fused-ring (bicyclic) bond motifs is 1. The van der Waals surface area contributed by atoms with Crippen LogP contribution in [0.4, 0.5) is 13.2 Å². The van der Waals surface area contributed by atoms with Gasteiger partial charge < -0.3 is 14.3 Å². The molecule has 0 spiro atoms. The zero-order valence-corrected chi connectivity index (χ0v) is 19.0. The highest BCUT2D eigenvalue weighted by Crippen LogP contribution is 2.37. The Morgan fingerprint density at radius 3 is 2.51 bits per heavy atom. The van der Waals surface area contributed by atoms with Crippen LogP contribution in [-0.4, -0.2) is 36.2 Å². The first-order chi connectivity index (χ1) is 16.7. The van der Waals surface area contributed by atoms with Crippen LogP contribution in [0.3, 0.4) is 0 Å². The third-order valence-corrected chi connectivity index (χ3v) is 5.84. The molecule has 0 radical (unpaired) electrons. The molecule has 0 aliphatic rings. The quantitative estimate of drug-likeness (QED) is 0.289. The van der Waals surface area contributed by atoms with Crippen molar-refractivity contribution in [3.63, 3.8) is 0 Å². The van der Waals surface area contributed by atoms with Crippen molar-refractivity contribution in [2.24, 2.45) is 0 Å². The van der Waals surface area contributed by atoms with Crippen molar-refractivity contribution in [1.29, 1.82) is 0 Å². The van der Waals surface area contributed by atoms with Crippen molar-refractivity contribution in [3.05, 3.63) is 102 Å². The van der Waals surface area contributed by atoms with Gasteiger partial charge in [0.25, 0.3) is 5.92 Å². The van der Waals surface area contributed by atoms with Gasteiger partial charge in [-0.05, 0) is 73.3 Å². The van der Waals surface area contributed by atoms with Crippen LogP contribution < -0.4 is 4.74 Å². The average molecular weight is 483 g/mol. The molecule has 1 N–H and O–H groups in total. The topological polar surface area (TPSA) is 62.9 Å². The Bertz CT molecular complexity index is 1300. The number of furan rings is 1. The predicted molar refractivity (Wildman–Crippen MR) is 125 cm³/mol. The molecule has 5 nitrogen and oxygen atoms in total. The van der Waals surface area contributed by atoms with Crippen LogP contribution in [0.15, 0.2) is 83.5 Å². The Balaban J connectivity index is 1.43. The fourth-order valence-electron chi connectivity index (χ4n) is 4.06. The highest BCUT2D eigenvalue weighted by Gasteiger charge is 2.34. The van der Waals surface area contributed by atoms with Gasteiger partial charge in [0.05, 0.1) is 19.4 Å². The maximum absolute atomic E-state index is 15.1. The Morgan fingerprint density at radius 1 is 1.06 bits per heavy atom. The SMILES string of the molecule is CN(CC(=O)O)C(CCOc1ccc(C(F)(F)c2ccc3occc3c2)cc1)c1cccc(F)c1. The number of likely N-dealkylation sites (N-methyl/N-ethyl adjacent to an activating group) is 1. The molecule has 0 aliphatic carbocycles. The van der Waals surface area contributed by atoms with Gasteiger partial charge >= 0.3 is 5.97 Å². The number of alkyl halides is 2. The maximum atomic E-state index is 15.1. The van der Waals surface area contributed by atoms with Crippen molar-refractivity contribution in [2.75, 3.05) is 20.2 Å². The highest BCUT2D eigenvalue weighted by molar-refractivity contribution is 5.78. The number of carboxylic acid groups (broad SMARTS) is 1. The molecule has 0 bridgehead atoms. The first-order valence-corrected chi connectivity index (χ1v) is 11.0. The zero-order chi connectivity index (χ0) is 25.0. The summed E-state index contributed by atoms with van der Waals surface area (Å²) in [5, 5.41) is 9.74. The van der Waals surface area contributed by atoms with E-state index in [1.165, 1.54) is 60.9 Å².